The molecular weight excluding hydrogens is 196 g/mol. The maximum absolute atomic E-state index is 11.3. The number of esters is 1. The maximum atomic E-state index is 11.3. The largest absolute Gasteiger partial charge is 0.463 e. The van der Waals surface area contributed by atoms with Crippen molar-refractivity contribution < 1.29 is 19.0 Å². The Kier molecular flexibility index (Phi) is 5.36. The summed E-state index contributed by atoms with van der Waals surface area (Å²) in [6.07, 6.45) is 2.18. The van der Waals surface area contributed by atoms with Gasteiger partial charge in [0.2, 0.25) is 0 Å². The molecular formula is C11H18O4. The van der Waals surface area contributed by atoms with Gasteiger partial charge in [-0.3, -0.25) is 0 Å². The molecule has 0 saturated carbocycles. The lowest BCUT2D eigenvalue weighted by atomic mass is 10.0. The zero-order chi connectivity index (χ0) is 11.1. The number of rotatable bonds is 4. The Morgan fingerprint density at radius 2 is 2.33 bits per heavy atom. The van der Waals surface area contributed by atoms with Crippen molar-refractivity contribution in [1.82, 2.24) is 0 Å². The Balaban J connectivity index is 2.58. The summed E-state index contributed by atoms with van der Waals surface area (Å²) in [5.41, 5.74) is 0.974. The van der Waals surface area contributed by atoms with E-state index in [9.17, 15) is 4.79 Å². The minimum Gasteiger partial charge on any atom is -0.463 e. The second kappa shape index (κ2) is 6.58. The molecule has 15 heavy (non-hydrogen) atoms. The molecule has 1 aliphatic heterocycles. The lowest BCUT2D eigenvalue weighted by Crippen LogP contribution is -2.29. The lowest BCUT2D eigenvalue weighted by molar-refractivity contribution is -0.137. The Morgan fingerprint density at radius 1 is 1.53 bits per heavy atom. The molecule has 1 rings (SSSR count). The topological polar surface area (TPSA) is 44.8 Å². The molecule has 4 heteroatoms. The highest BCUT2D eigenvalue weighted by Gasteiger charge is 2.20. The Morgan fingerprint density at radius 3 is 3.00 bits per heavy atom. The van der Waals surface area contributed by atoms with E-state index >= 15 is 0 Å². The zero-order valence-electron chi connectivity index (χ0n) is 9.32. The van der Waals surface area contributed by atoms with E-state index in [0.29, 0.717) is 26.4 Å². The fourth-order valence-corrected chi connectivity index (χ4v) is 1.51. The van der Waals surface area contributed by atoms with Gasteiger partial charge in [-0.25, -0.2) is 4.79 Å². The third kappa shape index (κ3) is 4.01. The second-order valence-electron chi connectivity index (χ2n) is 3.24. The lowest BCUT2D eigenvalue weighted by Gasteiger charge is -2.25. The summed E-state index contributed by atoms with van der Waals surface area (Å²) < 4.78 is 15.6. The molecule has 0 N–H and O–H groups in total. The van der Waals surface area contributed by atoms with Gasteiger partial charge in [-0.1, -0.05) is 0 Å². The Bertz CT molecular complexity index is 233. The van der Waals surface area contributed by atoms with Gasteiger partial charge in [0, 0.05) is 12.7 Å². The molecule has 0 aliphatic carbocycles. The van der Waals surface area contributed by atoms with Crippen molar-refractivity contribution in [3.63, 3.8) is 0 Å². The molecule has 0 spiro atoms. The van der Waals surface area contributed by atoms with Gasteiger partial charge in [-0.05, 0) is 25.8 Å². The first kappa shape index (κ1) is 12.2. The molecule has 0 aromatic carbocycles. The molecule has 0 amide bonds. The maximum Gasteiger partial charge on any atom is 0.330 e. The van der Waals surface area contributed by atoms with Crippen LogP contribution in [-0.2, 0) is 19.0 Å². The molecule has 1 unspecified atom stereocenters. The van der Waals surface area contributed by atoms with E-state index in [0.717, 1.165) is 12.0 Å². The van der Waals surface area contributed by atoms with Crippen LogP contribution in [0.5, 0.6) is 0 Å². The van der Waals surface area contributed by atoms with Gasteiger partial charge in [0.1, 0.15) is 6.10 Å². The minimum atomic E-state index is -0.292. The van der Waals surface area contributed by atoms with Crippen molar-refractivity contribution in [3.05, 3.63) is 11.6 Å². The predicted octanol–water partition coefficient (Wildman–Crippen LogP) is 1.30. The van der Waals surface area contributed by atoms with Crippen molar-refractivity contribution in [1.29, 1.82) is 0 Å². The van der Waals surface area contributed by atoms with Crippen LogP contribution >= 0.6 is 0 Å². The molecule has 86 valence electrons. The second-order valence-corrected chi connectivity index (χ2v) is 3.24. The minimum absolute atomic E-state index is 0.0897. The first-order chi connectivity index (χ1) is 7.27. The van der Waals surface area contributed by atoms with E-state index in [2.05, 4.69) is 0 Å². The summed E-state index contributed by atoms with van der Waals surface area (Å²) in [5, 5.41) is 0. The van der Waals surface area contributed by atoms with E-state index in [1.165, 1.54) is 6.08 Å². The third-order valence-electron chi connectivity index (χ3n) is 2.18. The molecule has 1 fully saturated rings. The van der Waals surface area contributed by atoms with Gasteiger partial charge in [-0.15, -0.1) is 0 Å². The predicted molar refractivity (Wildman–Crippen MR) is 55.6 cm³/mol. The van der Waals surface area contributed by atoms with Crippen LogP contribution in [0.3, 0.4) is 0 Å². The smallest absolute Gasteiger partial charge is 0.330 e. The normalized spacial score (nSPS) is 24.1. The average Bonchev–Trinajstić information content (AvgIpc) is 2.21. The van der Waals surface area contributed by atoms with E-state index < -0.39 is 0 Å². The van der Waals surface area contributed by atoms with Gasteiger partial charge in [0.25, 0.3) is 0 Å². The van der Waals surface area contributed by atoms with Gasteiger partial charge < -0.3 is 14.2 Å². The number of carbonyl (C=O) groups is 1. The summed E-state index contributed by atoms with van der Waals surface area (Å²) in [7, 11) is 0. The number of ether oxygens (including phenoxy) is 3. The average molecular weight is 214 g/mol. The molecule has 0 aromatic rings. The Hall–Kier alpha value is -0.870. The van der Waals surface area contributed by atoms with Crippen molar-refractivity contribution in [2.75, 3.05) is 26.4 Å². The van der Waals surface area contributed by atoms with Gasteiger partial charge >= 0.3 is 5.97 Å². The van der Waals surface area contributed by atoms with E-state index in [4.69, 9.17) is 14.2 Å². The van der Waals surface area contributed by atoms with E-state index in [-0.39, 0.29) is 12.1 Å². The van der Waals surface area contributed by atoms with Crippen LogP contribution in [0, 0.1) is 0 Å². The van der Waals surface area contributed by atoms with Crippen LogP contribution < -0.4 is 0 Å². The number of carbonyl (C=O) groups excluding carboxylic acids is 1. The van der Waals surface area contributed by atoms with E-state index in [1.807, 2.05) is 6.92 Å². The van der Waals surface area contributed by atoms with Crippen molar-refractivity contribution in [3.8, 4) is 0 Å². The van der Waals surface area contributed by atoms with Crippen molar-refractivity contribution in [2.45, 2.75) is 26.4 Å². The highest BCUT2D eigenvalue weighted by Crippen LogP contribution is 2.17. The van der Waals surface area contributed by atoms with Crippen LogP contribution in [0.4, 0.5) is 0 Å². The quantitative estimate of drug-likeness (QED) is 0.522. The molecule has 1 heterocycles. The number of hydrogen-bond acceptors (Lipinski definition) is 4. The zero-order valence-corrected chi connectivity index (χ0v) is 9.32. The molecule has 0 aromatic heterocycles. The fourth-order valence-electron chi connectivity index (χ4n) is 1.51. The monoisotopic (exact) mass is 214 g/mol. The summed E-state index contributed by atoms with van der Waals surface area (Å²) in [5.74, 6) is -0.292. The first-order valence-electron chi connectivity index (χ1n) is 5.34. The third-order valence-corrected chi connectivity index (χ3v) is 2.18. The van der Waals surface area contributed by atoms with Crippen molar-refractivity contribution >= 4 is 5.97 Å². The molecule has 1 saturated heterocycles. The van der Waals surface area contributed by atoms with E-state index in [1.54, 1.807) is 6.92 Å². The Labute approximate surface area is 90.2 Å². The van der Waals surface area contributed by atoms with Crippen LogP contribution in [0.1, 0.15) is 20.3 Å². The molecule has 0 bridgehead atoms. The SMILES string of the molecule is CCOC(=O)/C=C1\CCOCC1OCC. The van der Waals surface area contributed by atoms with Gasteiger partial charge in [0.05, 0.1) is 19.8 Å². The summed E-state index contributed by atoms with van der Waals surface area (Å²) in [6.45, 7) is 5.91. The molecule has 0 radical (unpaired) electrons. The standard InChI is InChI=1S/C11H18O4/c1-3-14-10-8-13-6-5-9(10)7-11(12)15-4-2/h7,10H,3-6,8H2,1-2H3/b9-7+. The van der Waals surface area contributed by atoms with Crippen LogP contribution in [-0.4, -0.2) is 38.5 Å². The summed E-state index contributed by atoms with van der Waals surface area (Å²) >= 11 is 0. The molecule has 4 nitrogen and oxygen atoms in total. The fraction of sp³-hybridized carbons (Fsp3) is 0.727. The highest BCUT2D eigenvalue weighted by atomic mass is 16.5. The number of hydrogen-bond donors (Lipinski definition) is 0. The van der Waals surface area contributed by atoms with Crippen molar-refractivity contribution in [2.24, 2.45) is 0 Å². The van der Waals surface area contributed by atoms with Gasteiger partial charge in [0.15, 0.2) is 0 Å². The van der Waals surface area contributed by atoms with Crippen LogP contribution in [0.25, 0.3) is 0 Å². The molecule has 1 atom stereocenters. The first-order valence-corrected chi connectivity index (χ1v) is 5.34. The van der Waals surface area contributed by atoms with Crippen LogP contribution in [0.15, 0.2) is 11.6 Å². The summed E-state index contributed by atoms with van der Waals surface area (Å²) in [6, 6.07) is 0. The van der Waals surface area contributed by atoms with Gasteiger partial charge in [-0.2, -0.15) is 0 Å². The van der Waals surface area contributed by atoms with Crippen LogP contribution in [0.2, 0.25) is 0 Å². The summed E-state index contributed by atoms with van der Waals surface area (Å²) in [4.78, 5) is 11.3. The molecule has 1 aliphatic rings. The highest BCUT2D eigenvalue weighted by molar-refractivity contribution is 5.83.